The van der Waals surface area contributed by atoms with Crippen LogP contribution in [0.25, 0.3) is 0 Å². The second kappa shape index (κ2) is 5.85. The van der Waals surface area contributed by atoms with Crippen LogP contribution >= 0.6 is 27.5 Å². The zero-order chi connectivity index (χ0) is 14.9. The molecular formula is C13H8BrClF2N2O. The number of rotatable bonds is 2. The summed E-state index contributed by atoms with van der Waals surface area (Å²) >= 11 is 8.68. The summed E-state index contributed by atoms with van der Waals surface area (Å²) in [6.45, 7) is 1.68. The molecule has 0 saturated heterocycles. The van der Waals surface area contributed by atoms with Gasteiger partial charge in [0.15, 0.2) is 0 Å². The van der Waals surface area contributed by atoms with Crippen LogP contribution in [-0.2, 0) is 0 Å². The first kappa shape index (κ1) is 14.9. The van der Waals surface area contributed by atoms with Crippen molar-refractivity contribution in [1.82, 2.24) is 4.98 Å². The quantitative estimate of drug-likeness (QED) is 0.639. The van der Waals surface area contributed by atoms with Crippen molar-refractivity contribution in [3.05, 3.63) is 56.8 Å². The molecule has 1 amide bonds. The van der Waals surface area contributed by atoms with Crippen LogP contribution in [0, 0.1) is 18.6 Å². The van der Waals surface area contributed by atoms with E-state index in [1.807, 2.05) is 0 Å². The molecule has 1 N–H and O–H groups in total. The zero-order valence-corrected chi connectivity index (χ0v) is 12.5. The molecule has 0 spiro atoms. The van der Waals surface area contributed by atoms with Crippen molar-refractivity contribution in [2.24, 2.45) is 0 Å². The number of hydrogen-bond acceptors (Lipinski definition) is 2. The average Bonchev–Trinajstić information content (AvgIpc) is 2.34. The molecular weight excluding hydrogens is 354 g/mol. The van der Waals surface area contributed by atoms with Crippen molar-refractivity contribution >= 4 is 39.1 Å². The van der Waals surface area contributed by atoms with E-state index in [2.05, 4.69) is 26.2 Å². The Labute approximate surface area is 127 Å². The standard InChI is InChI=1S/C13H8BrClF2N2O/c1-6-2-7(3-12(15)18-6)13(20)19-11-4-8(14)9(16)5-10(11)17/h2-5H,1H3,(H,19,20). The smallest absolute Gasteiger partial charge is 0.255 e. The number of amides is 1. The lowest BCUT2D eigenvalue weighted by molar-refractivity contribution is 0.102. The van der Waals surface area contributed by atoms with E-state index in [-0.39, 0.29) is 20.9 Å². The minimum atomic E-state index is -0.865. The van der Waals surface area contributed by atoms with E-state index in [0.29, 0.717) is 11.8 Å². The van der Waals surface area contributed by atoms with E-state index in [1.165, 1.54) is 12.1 Å². The summed E-state index contributed by atoms with van der Waals surface area (Å²) < 4.78 is 26.7. The maximum absolute atomic E-state index is 13.6. The van der Waals surface area contributed by atoms with Crippen molar-refractivity contribution in [2.75, 3.05) is 5.32 Å². The first-order chi connectivity index (χ1) is 9.36. The molecule has 0 aliphatic rings. The minimum absolute atomic E-state index is 0.0538. The topological polar surface area (TPSA) is 42.0 Å². The molecule has 1 aromatic carbocycles. The number of aromatic nitrogens is 1. The molecule has 0 unspecified atom stereocenters. The first-order valence-electron chi connectivity index (χ1n) is 5.47. The third kappa shape index (κ3) is 3.32. The molecule has 104 valence electrons. The summed E-state index contributed by atoms with van der Waals surface area (Å²) in [6.07, 6.45) is 0. The van der Waals surface area contributed by atoms with Gasteiger partial charge in [-0.05, 0) is 41.1 Å². The number of halogens is 4. The Balaban J connectivity index is 2.30. The Kier molecular flexibility index (Phi) is 4.35. The highest BCUT2D eigenvalue weighted by Crippen LogP contribution is 2.24. The normalized spacial score (nSPS) is 10.4. The van der Waals surface area contributed by atoms with Crippen LogP contribution in [0.1, 0.15) is 16.1 Å². The lowest BCUT2D eigenvalue weighted by Gasteiger charge is -2.08. The van der Waals surface area contributed by atoms with E-state index < -0.39 is 17.5 Å². The second-order valence-corrected chi connectivity index (χ2v) is 5.26. The molecule has 2 aromatic rings. The van der Waals surface area contributed by atoms with Crippen LogP contribution in [0.4, 0.5) is 14.5 Å². The average molecular weight is 362 g/mol. The van der Waals surface area contributed by atoms with Crippen molar-refractivity contribution in [3.63, 3.8) is 0 Å². The number of benzene rings is 1. The molecule has 1 aromatic heterocycles. The van der Waals surface area contributed by atoms with Crippen LogP contribution in [-0.4, -0.2) is 10.9 Å². The molecule has 20 heavy (non-hydrogen) atoms. The Morgan fingerprint density at radius 3 is 2.60 bits per heavy atom. The molecule has 1 heterocycles. The summed E-state index contributed by atoms with van der Waals surface area (Å²) in [5, 5.41) is 2.51. The first-order valence-corrected chi connectivity index (χ1v) is 6.64. The second-order valence-electron chi connectivity index (χ2n) is 4.02. The van der Waals surface area contributed by atoms with Gasteiger partial charge in [-0.2, -0.15) is 0 Å². The van der Waals surface area contributed by atoms with E-state index in [1.54, 1.807) is 6.92 Å². The van der Waals surface area contributed by atoms with E-state index in [4.69, 9.17) is 11.6 Å². The molecule has 0 aliphatic carbocycles. The molecule has 0 aliphatic heterocycles. The predicted octanol–water partition coefficient (Wildman–Crippen LogP) is 4.34. The Morgan fingerprint density at radius 2 is 1.95 bits per heavy atom. The van der Waals surface area contributed by atoms with Gasteiger partial charge in [-0.25, -0.2) is 13.8 Å². The van der Waals surface area contributed by atoms with Crippen LogP contribution in [0.2, 0.25) is 5.15 Å². The van der Waals surface area contributed by atoms with Gasteiger partial charge in [0.1, 0.15) is 16.8 Å². The van der Waals surface area contributed by atoms with Crippen LogP contribution in [0.3, 0.4) is 0 Å². The minimum Gasteiger partial charge on any atom is -0.319 e. The third-order valence-electron chi connectivity index (χ3n) is 2.44. The molecule has 0 radical (unpaired) electrons. The highest BCUT2D eigenvalue weighted by Gasteiger charge is 2.13. The van der Waals surface area contributed by atoms with Gasteiger partial charge < -0.3 is 5.32 Å². The molecule has 7 heteroatoms. The van der Waals surface area contributed by atoms with Crippen molar-refractivity contribution < 1.29 is 13.6 Å². The number of pyridine rings is 1. The molecule has 0 bridgehead atoms. The van der Waals surface area contributed by atoms with Gasteiger partial charge >= 0.3 is 0 Å². The van der Waals surface area contributed by atoms with Crippen molar-refractivity contribution in [3.8, 4) is 0 Å². The fraction of sp³-hybridized carbons (Fsp3) is 0.0769. The number of aryl methyl sites for hydroxylation is 1. The monoisotopic (exact) mass is 360 g/mol. The number of anilines is 1. The lowest BCUT2D eigenvalue weighted by atomic mass is 10.2. The van der Waals surface area contributed by atoms with Crippen LogP contribution in [0.5, 0.6) is 0 Å². The predicted molar refractivity (Wildman–Crippen MR) is 76.0 cm³/mol. The summed E-state index contributed by atoms with van der Waals surface area (Å²) in [5.74, 6) is -2.17. The maximum atomic E-state index is 13.6. The fourth-order valence-corrected chi connectivity index (χ4v) is 2.17. The largest absolute Gasteiger partial charge is 0.319 e. The number of nitrogens with one attached hydrogen (secondary N) is 1. The van der Waals surface area contributed by atoms with Gasteiger partial charge in [-0.15, -0.1) is 0 Å². The SMILES string of the molecule is Cc1cc(C(=O)Nc2cc(Br)c(F)cc2F)cc(Cl)n1. The van der Waals surface area contributed by atoms with Crippen molar-refractivity contribution in [2.45, 2.75) is 6.92 Å². The van der Waals surface area contributed by atoms with Crippen molar-refractivity contribution in [1.29, 1.82) is 0 Å². The highest BCUT2D eigenvalue weighted by atomic mass is 79.9. The molecule has 2 rings (SSSR count). The van der Waals surface area contributed by atoms with Gasteiger partial charge in [-0.3, -0.25) is 4.79 Å². The zero-order valence-electron chi connectivity index (χ0n) is 10.2. The Hall–Kier alpha value is -1.53. The van der Waals surface area contributed by atoms with Gasteiger partial charge in [0.05, 0.1) is 10.2 Å². The van der Waals surface area contributed by atoms with E-state index >= 15 is 0 Å². The number of carbonyl (C=O) groups is 1. The number of nitrogens with zero attached hydrogens (tertiary/aromatic N) is 1. The summed E-state index contributed by atoms with van der Waals surface area (Å²) in [4.78, 5) is 15.9. The maximum Gasteiger partial charge on any atom is 0.255 e. The molecule has 0 atom stereocenters. The summed E-state index contributed by atoms with van der Waals surface area (Å²) in [7, 11) is 0. The molecule has 0 saturated carbocycles. The Bertz CT molecular complexity index is 674. The highest BCUT2D eigenvalue weighted by molar-refractivity contribution is 9.10. The van der Waals surface area contributed by atoms with Crippen LogP contribution < -0.4 is 5.32 Å². The summed E-state index contributed by atoms with van der Waals surface area (Å²) in [5.41, 5.74) is 0.666. The summed E-state index contributed by atoms with van der Waals surface area (Å²) in [6, 6.07) is 4.71. The number of hydrogen-bond donors (Lipinski definition) is 1. The molecule has 3 nitrogen and oxygen atoms in total. The van der Waals surface area contributed by atoms with E-state index in [0.717, 1.165) is 6.07 Å². The van der Waals surface area contributed by atoms with Gasteiger partial charge in [0.2, 0.25) is 0 Å². The molecule has 0 fully saturated rings. The van der Waals surface area contributed by atoms with Gasteiger partial charge in [0.25, 0.3) is 5.91 Å². The van der Waals surface area contributed by atoms with Gasteiger partial charge in [0, 0.05) is 17.3 Å². The fourth-order valence-electron chi connectivity index (χ4n) is 1.57. The van der Waals surface area contributed by atoms with E-state index in [9.17, 15) is 13.6 Å². The van der Waals surface area contributed by atoms with Gasteiger partial charge in [-0.1, -0.05) is 11.6 Å². The lowest BCUT2D eigenvalue weighted by Crippen LogP contribution is -2.13. The Morgan fingerprint density at radius 1 is 1.25 bits per heavy atom. The van der Waals surface area contributed by atoms with Crippen LogP contribution in [0.15, 0.2) is 28.7 Å². The third-order valence-corrected chi connectivity index (χ3v) is 3.24. The number of carbonyl (C=O) groups excluding carboxylic acids is 1.